The summed E-state index contributed by atoms with van der Waals surface area (Å²) >= 11 is 0. The van der Waals surface area contributed by atoms with E-state index in [-0.39, 0.29) is 5.97 Å². The summed E-state index contributed by atoms with van der Waals surface area (Å²) in [6.45, 7) is 4.32. The van der Waals surface area contributed by atoms with Crippen LogP contribution in [0.25, 0.3) is 0 Å². The summed E-state index contributed by atoms with van der Waals surface area (Å²) in [5.41, 5.74) is 0. The SMILES string of the molecule is CC/C=C\C/C=C\C/C=C\C/C=C\C/C=C\C/C=C\CC(OC)C(=O)OCC. The average Bonchev–Trinajstić information content (AvgIpc) is 2.70. The van der Waals surface area contributed by atoms with Gasteiger partial charge in [0.25, 0.3) is 0 Å². The summed E-state index contributed by atoms with van der Waals surface area (Å²) in [5, 5.41) is 0. The highest BCUT2D eigenvalue weighted by Crippen LogP contribution is 2.03. The maximum absolute atomic E-state index is 11.6. The van der Waals surface area contributed by atoms with Crippen molar-refractivity contribution in [3.05, 3.63) is 72.9 Å². The second kappa shape index (κ2) is 21.2. The first-order valence-electron chi connectivity index (χ1n) is 10.4. The van der Waals surface area contributed by atoms with Gasteiger partial charge in [-0.05, 0) is 45.4 Å². The van der Waals surface area contributed by atoms with E-state index in [2.05, 4.69) is 67.7 Å². The number of carbonyl (C=O) groups excluding carboxylic acids is 1. The molecule has 0 aromatic rings. The summed E-state index contributed by atoms with van der Waals surface area (Å²) in [5.74, 6) is -0.301. The zero-order valence-electron chi connectivity index (χ0n) is 17.9. The first-order valence-corrected chi connectivity index (χ1v) is 10.4. The Morgan fingerprint density at radius 3 is 1.43 bits per heavy atom. The van der Waals surface area contributed by atoms with Gasteiger partial charge in [0.2, 0.25) is 0 Å². The van der Waals surface area contributed by atoms with E-state index in [9.17, 15) is 4.79 Å². The summed E-state index contributed by atoms with van der Waals surface area (Å²) in [6, 6.07) is 0. The lowest BCUT2D eigenvalue weighted by Crippen LogP contribution is -2.24. The molecule has 0 fully saturated rings. The van der Waals surface area contributed by atoms with Gasteiger partial charge < -0.3 is 9.47 Å². The minimum absolute atomic E-state index is 0.301. The van der Waals surface area contributed by atoms with Crippen molar-refractivity contribution in [1.82, 2.24) is 0 Å². The van der Waals surface area contributed by atoms with Crippen LogP contribution in [-0.4, -0.2) is 25.8 Å². The van der Waals surface area contributed by atoms with E-state index in [0.29, 0.717) is 13.0 Å². The molecular weight excluding hydrogens is 348 g/mol. The third-order valence-corrected chi connectivity index (χ3v) is 3.78. The molecule has 28 heavy (non-hydrogen) atoms. The maximum Gasteiger partial charge on any atom is 0.335 e. The topological polar surface area (TPSA) is 35.5 Å². The average molecular weight is 387 g/mol. The smallest absolute Gasteiger partial charge is 0.335 e. The van der Waals surface area contributed by atoms with Gasteiger partial charge in [0.1, 0.15) is 0 Å². The van der Waals surface area contributed by atoms with Crippen molar-refractivity contribution < 1.29 is 14.3 Å². The molecule has 0 radical (unpaired) electrons. The quantitative estimate of drug-likeness (QED) is 0.220. The molecule has 0 bridgehead atoms. The van der Waals surface area contributed by atoms with Crippen LogP contribution in [0.2, 0.25) is 0 Å². The Hall–Kier alpha value is -2.13. The van der Waals surface area contributed by atoms with Crippen LogP contribution in [0.15, 0.2) is 72.9 Å². The second-order valence-electron chi connectivity index (χ2n) is 6.13. The highest BCUT2D eigenvalue weighted by Gasteiger charge is 2.16. The van der Waals surface area contributed by atoms with Crippen molar-refractivity contribution in [3.63, 3.8) is 0 Å². The van der Waals surface area contributed by atoms with Crippen molar-refractivity contribution in [1.29, 1.82) is 0 Å². The van der Waals surface area contributed by atoms with Crippen LogP contribution in [0.5, 0.6) is 0 Å². The van der Waals surface area contributed by atoms with Crippen molar-refractivity contribution in [3.8, 4) is 0 Å². The Morgan fingerprint density at radius 2 is 1.07 bits per heavy atom. The molecule has 0 rings (SSSR count). The van der Waals surface area contributed by atoms with Crippen LogP contribution in [-0.2, 0) is 14.3 Å². The van der Waals surface area contributed by atoms with Gasteiger partial charge in [-0.2, -0.15) is 0 Å². The molecule has 3 heteroatoms. The van der Waals surface area contributed by atoms with Gasteiger partial charge in [0.15, 0.2) is 6.10 Å². The minimum atomic E-state index is -0.510. The number of hydrogen-bond donors (Lipinski definition) is 0. The van der Waals surface area contributed by atoms with Crippen LogP contribution < -0.4 is 0 Å². The highest BCUT2D eigenvalue weighted by atomic mass is 16.6. The van der Waals surface area contributed by atoms with Gasteiger partial charge in [-0.15, -0.1) is 0 Å². The Labute approximate surface area is 172 Å². The highest BCUT2D eigenvalue weighted by molar-refractivity contribution is 5.74. The Balaban J connectivity index is 3.74. The molecule has 0 aliphatic rings. The van der Waals surface area contributed by atoms with Crippen molar-refractivity contribution in [2.75, 3.05) is 13.7 Å². The molecule has 0 aliphatic heterocycles. The standard InChI is InChI=1S/C25H38O3/c1-4-6-7-8-9-10-11-12-13-14-15-16-17-18-19-20-21-22-23-24(27-3)25(26)28-5-2/h6-7,9-10,12-13,15-16,18-19,21-22,24H,4-5,8,11,14,17,20,23H2,1-3H3/b7-6-,10-9-,13-12-,16-15-,19-18-,22-21-. The lowest BCUT2D eigenvalue weighted by Gasteiger charge is -2.11. The fourth-order valence-electron chi connectivity index (χ4n) is 2.27. The summed E-state index contributed by atoms with van der Waals surface area (Å²) in [7, 11) is 1.53. The van der Waals surface area contributed by atoms with E-state index in [0.717, 1.165) is 38.5 Å². The molecule has 0 heterocycles. The number of methoxy groups -OCH3 is 1. The van der Waals surface area contributed by atoms with Gasteiger partial charge in [0, 0.05) is 13.5 Å². The summed E-state index contributed by atoms with van der Waals surface area (Å²) in [4.78, 5) is 11.6. The Morgan fingerprint density at radius 1 is 0.679 bits per heavy atom. The molecule has 0 saturated heterocycles. The molecule has 0 N–H and O–H groups in total. The number of carbonyl (C=O) groups is 1. The molecule has 3 nitrogen and oxygen atoms in total. The predicted octanol–water partition coefficient (Wildman–Crippen LogP) is 6.65. The van der Waals surface area contributed by atoms with Crippen LogP contribution >= 0.6 is 0 Å². The second-order valence-corrected chi connectivity index (χ2v) is 6.13. The molecule has 0 spiro atoms. The molecule has 0 amide bonds. The minimum Gasteiger partial charge on any atom is -0.464 e. The number of rotatable bonds is 16. The monoisotopic (exact) mass is 386 g/mol. The van der Waals surface area contributed by atoms with E-state index < -0.39 is 6.10 Å². The predicted molar refractivity (Wildman–Crippen MR) is 120 cm³/mol. The summed E-state index contributed by atoms with van der Waals surface area (Å²) < 4.78 is 10.1. The fraction of sp³-hybridized carbons (Fsp3) is 0.480. The molecule has 0 saturated carbocycles. The third-order valence-electron chi connectivity index (χ3n) is 3.78. The lowest BCUT2D eigenvalue weighted by atomic mass is 10.2. The Bertz CT molecular complexity index is 536. The summed E-state index contributed by atoms with van der Waals surface area (Å²) in [6.07, 6.45) is 31.8. The number of ether oxygens (including phenoxy) is 2. The van der Waals surface area contributed by atoms with E-state index >= 15 is 0 Å². The fourth-order valence-corrected chi connectivity index (χ4v) is 2.27. The third kappa shape index (κ3) is 17.3. The van der Waals surface area contributed by atoms with Crippen LogP contribution in [0.3, 0.4) is 0 Å². The van der Waals surface area contributed by atoms with E-state index in [4.69, 9.17) is 9.47 Å². The van der Waals surface area contributed by atoms with Gasteiger partial charge in [-0.25, -0.2) is 4.79 Å². The van der Waals surface area contributed by atoms with Gasteiger partial charge in [-0.1, -0.05) is 79.8 Å². The molecule has 0 aromatic heterocycles. The zero-order chi connectivity index (χ0) is 20.7. The Kier molecular flexibility index (Phi) is 19.6. The number of allylic oxidation sites excluding steroid dienone is 11. The number of hydrogen-bond acceptors (Lipinski definition) is 3. The van der Waals surface area contributed by atoms with Gasteiger partial charge in [-0.3, -0.25) is 0 Å². The van der Waals surface area contributed by atoms with E-state index in [1.807, 2.05) is 12.2 Å². The van der Waals surface area contributed by atoms with Crippen molar-refractivity contribution in [2.24, 2.45) is 0 Å². The molecule has 156 valence electrons. The first-order chi connectivity index (χ1) is 13.8. The number of esters is 1. The zero-order valence-corrected chi connectivity index (χ0v) is 17.9. The van der Waals surface area contributed by atoms with E-state index in [1.165, 1.54) is 7.11 Å². The van der Waals surface area contributed by atoms with E-state index in [1.54, 1.807) is 6.92 Å². The largest absolute Gasteiger partial charge is 0.464 e. The molecule has 1 unspecified atom stereocenters. The maximum atomic E-state index is 11.6. The van der Waals surface area contributed by atoms with Crippen LogP contribution in [0.4, 0.5) is 0 Å². The lowest BCUT2D eigenvalue weighted by molar-refractivity contribution is -0.154. The normalized spacial score (nSPS) is 14.0. The molecule has 1 atom stereocenters. The van der Waals surface area contributed by atoms with Gasteiger partial charge in [0.05, 0.1) is 6.61 Å². The van der Waals surface area contributed by atoms with Crippen molar-refractivity contribution >= 4 is 5.97 Å². The van der Waals surface area contributed by atoms with Crippen LogP contribution in [0.1, 0.15) is 58.8 Å². The molecular formula is C25H38O3. The van der Waals surface area contributed by atoms with Crippen molar-refractivity contribution in [2.45, 2.75) is 64.9 Å². The first kappa shape index (κ1) is 25.9. The molecule has 0 aromatic carbocycles. The van der Waals surface area contributed by atoms with Crippen LogP contribution in [0, 0.1) is 0 Å². The van der Waals surface area contributed by atoms with Gasteiger partial charge >= 0.3 is 5.97 Å². The molecule has 0 aliphatic carbocycles.